The molecule has 1 aromatic carbocycles. The minimum Gasteiger partial charge on any atom is -0.378 e. The standard InChI is InChI=1S/C24H22FN3/c1-24(19-5-8-22(9-6-19)28(2)3)12-10-17(11-13-24)4-7-21-15-18-14-20(25)16-26-23(18)27-21/h5-6,8-12,14-16H,13H2,1-3H3,(H,26,27). The van der Waals surface area contributed by atoms with E-state index >= 15 is 0 Å². The number of H-pyrrole nitrogens is 1. The predicted molar refractivity (Wildman–Crippen MR) is 113 cm³/mol. The fourth-order valence-corrected chi connectivity index (χ4v) is 3.37. The Kier molecular flexibility index (Phi) is 4.52. The van der Waals surface area contributed by atoms with Crippen LogP contribution in [0.3, 0.4) is 0 Å². The molecule has 1 unspecified atom stereocenters. The Bertz CT molecular complexity index is 1140. The molecule has 4 rings (SSSR count). The van der Waals surface area contributed by atoms with Crippen LogP contribution in [0, 0.1) is 17.7 Å². The van der Waals surface area contributed by atoms with Crippen molar-refractivity contribution in [2.45, 2.75) is 18.8 Å². The number of nitrogens with zero attached hydrogens (tertiary/aromatic N) is 2. The Morgan fingerprint density at radius 1 is 1.14 bits per heavy atom. The first kappa shape index (κ1) is 18.1. The number of hydrogen-bond acceptors (Lipinski definition) is 2. The van der Waals surface area contributed by atoms with Gasteiger partial charge in [0.2, 0.25) is 0 Å². The van der Waals surface area contributed by atoms with E-state index in [1.807, 2.05) is 20.2 Å². The van der Waals surface area contributed by atoms with Crippen molar-refractivity contribution in [1.29, 1.82) is 0 Å². The van der Waals surface area contributed by atoms with Crippen LogP contribution in [0.2, 0.25) is 0 Å². The number of hydrogen-bond donors (Lipinski definition) is 1. The predicted octanol–water partition coefficient (Wildman–Crippen LogP) is 4.96. The third-order valence-corrected chi connectivity index (χ3v) is 5.20. The highest BCUT2D eigenvalue weighted by Gasteiger charge is 2.24. The molecule has 1 atom stereocenters. The summed E-state index contributed by atoms with van der Waals surface area (Å²) in [6, 6.07) is 12.0. The molecule has 1 aliphatic rings. The van der Waals surface area contributed by atoms with Crippen LogP contribution in [-0.2, 0) is 5.41 Å². The second-order valence-electron chi connectivity index (χ2n) is 7.58. The third-order valence-electron chi connectivity index (χ3n) is 5.20. The molecule has 3 nitrogen and oxygen atoms in total. The first-order valence-corrected chi connectivity index (χ1v) is 9.26. The van der Waals surface area contributed by atoms with Gasteiger partial charge in [0, 0.05) is 36.2 Å². The van der Waals surface area contributed by atoms with Crippen molar-refractivity contribution in [3.8, 4) is 11.8 Å². The molecule has 28 heavy (non-hydrogen) atoms. The molecule has 3 aromatic rings. The number of nitrogens with one attached hydrogen (secondary N) is 1. The fraction of sp³-hybridized carbons (Fsp3) is 0.208. The first-order valence-electron chi connectivity index (χ1n) is 9.26. The molecule has 1 aliphatic carbocycles. The van der Waals surface area contributed by atoms with Crippen LogP contribution in [0.1, 0.15) is 24.6 Å². The summed E-state index contributed by atoms with van der Waals surface area (Å²) in [5, 5.41) is 0.728. The molecule has 0 fully saturated rings. The first-order chi connectivity index (χ1) is 13.4. The number of fused-ring (bicyclic) bond motifs is 1. The molecular weight excluding hydrogens is 349 g/mol. The quantitative estimate of drug-likeness (QED) is 0.646. The number of benzene rings is 1. The maximum atomic E-state index is 13.3. The molecular formula is C24H22FN3. The van der Waals surface area contributed by atoms with Gasteiger partial charge in [0.15, 0.2) is 0 Å². The van der Waals surface area contributed by atoms with Crippen LogP contribution in [0.4, 0.5) is 10.1 Å². The minimum absolute atomic E-state index is 0.0292. The van der Waals surface area contributed by atoms with Gasteiger partial charge in [0.25, 0.3) is 0 Å². The van der Waals surface area contributed by atoms with E-state index in [9.17, 15) is 4.39 Å². The summed E-state index contributed by atoms with van der Waals surface area (Å²) < 4.78 is 13.3. The lowest BCUT2D eigenvalue weighted by atomic mass is 9.76. The van der Waals surface area contributed by atoms with Gasteiger partial charge in [-0.05, 0) is 48.2 Å². The zero-order valence-electron chi connectivity index (χ0n) is 16.3. The molecule has 2 aromatic heterocycles. The molecule has 1 N–H and O–H groups in total. The Labute approximate surface area is 164 Å². The van der Waals surface area contributed by atoms with Gasteiger partial charge >= 0.3 is 0 Å². The van der Waals surface area contributed by atoms with Gasteiger partial charge in [0.05, 0.1) is 11.9 Å². The lowest BCUT2D eigenvalue weighted by Gasteiger charge is -2.28. The summed E-state index contributed by atoms with van der Waals surface area (Å²) in [5.74, 6) is 5.96. The topological polar surface area (TPSA) is 31.9 Å². The molecule has 0 saturated carbocycles. The Morgan fingerprint density at radius 2 is 1.93 bits per heavy atom. The van der Waals surface area contributed by atoms with Gasteiger partial charge in [-0.25, -0.2) is 9.37 Å². The van der Waals surface area contributed by atoms with E-state index in [1.165, 1.54) is 23.5 Å². The van der Waals surface area contributed by atoms with Crippen LogP contribution in [-0.4, -0.2) is 24.1 Å². The molecule has 0 saturated heterocycles. The minimum atomic E-state index is -0.346. The van der Waals surface area contributed by atoms with Gasteiger partial charge < -0.3 is 9.88 Å². The van der Waals surface area contributed by atoms with Crippen molar-refractivity contribution < 1.29 is 4.39 Å². The lowest BCUT2D eigenvalue weighted by Crippen LogP contribution is -2.20. The Hall–Kier alpha value is -3.32. The SMILES string of the molecule is CN(C)c1ccc(C2(C)C=CC(C#Cc3cc4cc(F)cnc4[nH]3)=CC2)cc1. The molecule has 0 bridgehead atoms. The average molecular weight is 371 g/mol. The second-order valence-corrected chi connectivity index (χ2v) is 7.58. The van der Waals surface area contributed by atoms with Crippen LogP contribution in [0.15, 0.2) is 66.4 Å². The summed E-state index contributed by atoms with van der Waals surface area (Å²) in [6.07, 6.45) is 8.58. The fourth-order valence-electron chi connectivity index (χ4n) is 3.37. The monoisotopic (exact) mass is 371 g/mol. The maximum absolute atomic E-state index is 13.3. The van der Waals surface area contributed by atoms with E-state index in [0.29, 0.717) is 5.65 Å². The second kappa shape index (κ2) is 7.01. The smallest absolute Gasteiger partial charge is 0.142 e. The average Bonchev–Trinajstić information content (AvgIpc) is 3.09. The van der Waals surface area contributed by atoms with Crippen LogP contribution in [0.5, 0.6) is 0 Å². The number of aromatic nitrogens is 2. The van der Waals surface area contributed by atoms with Crippen LogP contribution in [0.25, 0.3) is 11.0 Å². The van der Waals surface area contributed by atoms with Crippen LogP contribution >= 0.6 is 0 Å². The van der Waals surface area contributed by atoms with Crippen molar-refractivity contribution >= 4 is 16.7 Å². The zero-order valence-corrected chi connectivity index (χ0v) is 16.3. The van der Waals surface area contributed by atoms with Gasteiger partial charge in [-0.3, -0.25) is 0 Å². The van der Waals surface area contributed by atoms with E-state index in [-0.39, 0.29) is 11.2 Å². The largest absolute Gasteiger partial charge is 0.378 e. The number of pyridine rings is 1. The zero-order chi connectivity index (χ0) is 19.7. The highest BCUT2D eigenvalue weighted by molar-refractivity contribution is 5.77. The highest BCUT2D eigenvalue weighted by atomic mass is 19.1. The van der Waals surface area contributed by atoms with Gasteiger partial charge in [-0.2, -0.15) is 0 Å². The maximum Gasteiger partial charge on any atom is 0.142 e. The number of anilines is 1. The summed E-state index contributed by atoms with van der Waals surface area (Å²) in [4.78, 5) is 9.25. The van der Waals surface area contributed by atoms with E-state index in [2.05, 4.69) is 76.1 Å². The van der Waals surface area contributed by atoms with E-state index in [1.54, 1.807) is 0 Å². The van der Waals surface area contributed by atoms with E-state index in [0.717, 1.165) is 23.1 Å². The number of halogens is 1. The number of allylic oxidation sites excluding steroid dienone is 4. The Balaban J connectivity index is 1.51. The summed E-state index contributed by atoms with van der Waals surface area (Å²) in [7, 11) is 4.09. The van der Waals surface area contributed by atoms with Crippen LogP contribution < -0.4 is 4.90 Å². The summed E-state index contributed by atoms with van der Waals surface area (Å²) in [6.45, 7) is 2.24. The molecule has 0 amide bonds. The van der Waals surface area contributed by atoms with Crippen molar-refractivity contribution in [3.05, 3.63) is 83.5 Å². The molecule has 140 valence electrons. The van der Waals surface area contributed by atoms with Gasteiger partial charge in [-0.1, -0.05) is 37.1 Å². The normalized spacial score (nSPS) is 18.5. The van der Waals surface area contributed by atoms with Gasteiger partial charge in [-0.15, -0.1) is 0 Å². The molecule has 4 heteroatoms. The molecule has 0 aliphatic heterocycles. The highest BCUT2D eigenvalue weighted by Crippen LogP contribution is 2.34. The number of aromatic amines is 1. The molecule has 0 radical (unpaired) electrons. The molecule has 0 spiro atoms. The van der Waals surface area contributed by atoms with Crippen molar-refractivity contribution in [2.75, 3.05) is 19.0 Å². The van der Waals surface area contributed by atoms with Crippen molar-refractivity contribution in [1.82, 2.24) is 9.97 Å². The third kappa shape index (κ3) is 3.57. The van der Waals surface area contributed by atoms with E-state index < -0.39 is 0 Å². The molecule has 2 heterocycles. The lowest BCUT2D eigenvalue weighted by molar-refractivity contribution is 0.598. The van der Waals surface area contributed by atoms with Crippen molar-refractivity contribution in [3.63, 3.8) is 0 Å². The van der Waals surface area contributed by atoms with Crippen molar-refractivity contribution in [2.24, 2.45) is 0 Å². The summed E-state index contributed by atoms with van der Waals surface area (Å²) >= 11 is 0. The Morgan fingerprint density at radius 3 is 2.61 bits per heavy atom. The van der Waals surface area contributed by atoms with E-state index in [4.69, 9.17) is 0 Å². The summed E-state index contributed by atoms with van der Waals surface area (Å²) in [5.41, 5.74) is 4.82. The van der Waals surface area contributed by atoms with Gasteiger partial charge in [0.1, 0.15) is 11.5 Å². The number of rotatable bonds is 2.